The molecule has 17 heavy (non-hydrogen) atoms. The first kappa shape index (κ1) is 12.3. The van der Waals surface area contributed by atoms with E-state index >= 15 is 0 Å². The van der Waals surface area contributed by atoms with E-state index in [1.165, 1.54) is 13.2 Å². The molecule has 94 valence electrons. The Balaban J connectivity index is 1.94. The highest BCUT2D eigenvalue weighted by Crippen LogP contribution is 2.18. The van der Waals surface area contributed by atoms with Gasteiger partial charge in [0.1, 0.15) is 11.6 Å². The Kier molecular flexibility index (Phi) is 3.97. The van der Waals surface area contributed by atoms with Crippen LogP contribution in [-0.2, 0) is 11.3 Å². The van der Waals surface area contributed by atoms with E-state index in [4.69, 9.17) is 9.47 Å². The normalized spacial score (nSPS) is 23.9. The van der Waals surface area contributed by atoms with Crippen LogP contribution in [-0.4, -0.2) is 25.9 Å². The second kappa shape index (κ2) is 5.47. The molecule has 0 bridgehead atoms. The second-order valence-electron chi connectivity index (χ2n) is 4.31. The quantitative estimate of drug-likeness (QED) is 0.872. The van der Waals surface area contributed by atoms with Crippen molar-refractivity contribution in [2.45, 2.75) is 32.0 Å². The summed E-state index contributed by atoms with van der Waals surface area (Å²) in [6.45, 7) is 3.34. The smallest absolute Gasteiger partial charge is 0.131 e. The van der Waals surface area contributed by atoms with Gasteiger partial charge in [-0.15, -0.1) is 0 Å². The van der Waals surface area contributed by atoms with Gasteiger partial charge in [-0.3, -0.25) is 0 Å². The van der Waals surface area contributed by atoms with Gasteiger partial charge in [0, 0.05) is 30.8 Å². The molecule has 1 aromatic carbocycles. The average molecular weight is 239 g/mol. The number of hydrogen-bond donors (Lipinski definition) is 1. The Morgan fingerprint density at radius 2 is 2.35 bits per heavy atom. The van der Waals surface area contributed by atoms with Crippen LogP contribution < -0.4 is 10.1 Å². The highest BCUT2D eigenvalue weighted by molar-refractivity contribution is 5.28. The Morgan fingerprint density at radius 3 is 2.94 bits per heavy atom. The summed E-state index contributed by atoms with van der Waals surface area (Å²) >= 11 is 0. The standard InChI is InChI=1S/C13H18FNO2/c1-9-13(5-6-17-9)15-8-10-3-4-11(16-2)7-12(10)14/h3-4,7,9,13,15H,5-6,8H2,1-2H3. The molecule has 1 saturated heterocycles. The summed E-state index contributed by atoms with van der Waals surface area (Å²) in [6.07, 6.45) is 1.19. The van der Waals surface area contributed by atoms with Gasteiger partial charge in [0.05, 0.1) is 13.2 Å². The molecule has 1 aliphatic rings. The third-order valence-electron chi connectivity index (χ3n) is 3.19. The van der Waals surface area contributed by atoms with E-state index in [0.717, 1.165) is 13.0 Å². The van der Waals surface area contributed by atoms with Crippen LogP contribution in [0.1, 0.15) is 18.9 Å². The number of benzene rings is 1. The summed E-state index contributed by atoms with van der Waals surface area (Å²) in [6, 6.07) is 5.25. The monoisotopic (exact) mass is 239 g/mol. The maximum Gasteiger partial charge on any atom is 0.131 e. The van der Waals surface area contributed by atoms with Crippen molar-refractivity contribution >= 4 is 0 Å². The van der Waals surface area contributed by atoms with Crippen molar-refractivity contribution in [2.75, 3.05) is 13.7 Å². The van der Waals surface area contributed by atoms with Crippen molar-refractivity contribution in [1.82, 2.24) is 5.32 Å². The molecule has 0 amide bonds. The van der Waals surface area contributed by atoms with Crippen LogP contribution >= 0.6 is 0 Å². The van der Waals surface area contributed by atoms with Crippen LogP contribution in [0.15, 0.2) is 18.2 Å². The lowest BCUT2D eigenvalue weighted by Crippen LogP contribution is -2.34. The highest BCUT2D eigenvalue weighted by atomic mass is 19.1. The largest absolute Gasteiger partial charge is 0.497 e. The molecular weight excluding hydrogens is 221 g/mol. The fourth-order valence-corrected chi connectivity index (χ4v) is 2.04. The predicted molar refractivity (Wildman–Crippen MR) is 63.6 cm³/mol. The van der Waals surface area contributed by atoms with Crippen molar-refractivity contribution in [3.05, 3.63) is 29.6 Å². The molecule has 0 radical (unpaired) electrons. The van der Waals surface area contributed by atoms with Crippen LogP contribution in [0.2, 0.25) is 0 Å². The summed E-state index contributed by atoms with van der Waals surface area (Å²) in [5.41, 5.74) is 0.657. The van der Waals surface area contributed by atoms with Crippen LogP contribution in [0, 0.1) is 5.82 Å². The first-order valence-corrected chi connectivity index (χ1v) is 5.88. The van der Waals surface area contributed by atoms with E-state index in [-0.39, 0.29) is 11.9 Å². The number of nitrogens with one attached hydrogen (secondary N) is 1. The van der Waals surface area contributed by atoms with Gasteiger partial charge in [-0.05, 0) is 19.4 Å². The number of halogens is 1. The van der Waals surface area contributed by atoms with Gasteiger partial charge < -0.3 is 14.8 Å². The summed E-state index contributed by atoms with van der Waals surface area (Å²) < 4.78 is 24.1. The molecule has 1 aliphatic heterocycles. The van der Waals surface area contributed by atoms with E-state index < -0.39 is 0 Å². The Bertz CT molecular complexity index is 384. The lowest BCUT2D eigenvalue weighted by atomic mass is 10.1. The molecule has 1 aromatic rings. The topological polar surface area (TPSA) is 30.5 Å². The predicted octanol–water partition coefficient (Wildman–Crippen LogP) is 2.10. The molecular formula is C13H18FNO2. The summed E-state index contributed by atoms with van der Waals surface area (Å²) in [4.78, 5) is 0. The summed E-state index contributed by atoms with van der Waals surface area (Å²) in [5, 5.41) is 3.32. The maximum absolute atomic E-state index is 13.7. The van der Waals surface area contributed by atoms with Gasteiger partial charge in [-0.25, -0.2) is 4.39 Å². The molecule has 2 rings (SSSR count). The fourth-order valence-electron chi connectivity index (χ4n) is 2.04. The lowest BCUT2D eigenvalue weighted by molar-refractivity contribution is 0.113. The highest BCUT2D eigenvalue weighted by Gasteiger charge is 2.23. The van der Waals surface area contributed by atoms with Gasteiger partial charge in [-0.1, -0.05) is 6.07 Å². The summed E-state index contributed by atoms with van der Waals surface area (Å²) in [5.74, 6) is 0.312. The maximum atomic E-state index is 13.7. The molecule has 0 spiro atoms. The Hall–Kier alpha value is -1.13. The van der Waals surface area contributed by atoms with E-state index in [9.17, 15) is 4.39 Å². The van der Waals surface area contributed by atoms with Gasteiger partial charge >= 0.3 is 0 Å². The van der Waals surface area contributed by atoms with E-state index in [2.05, 4.69) is 5.32 Å². The number of methoxy groups -OCH3 is 1. The van der Waals surface area contributed by atoms with Crippen molar-refractivity contribution in [2.24, 2.45) is 0 Å². The van der Waals surface area contributed by atoms with E-state index in [1.54, 1.807) is 12.1 Å². The Labute approximate surface area is 101 Å². The minimum atomic E-state index is -0.233. The van der Waals surface area contributed by atoms with Gasteiger partial charge in [0.15, 0.2) is 0 Å². The molecule has 0 aromatic heterocycles. The zero-order valence-corrected chi connectivity index (χ0v) is 10.2. The first-order valence-electron chi connectivity index (χ1n) is 5.88. The molecule has 2 unspecified atom stereocenters. The minimum absolute atomic E-state index is 0.205. The Morgan fingerprint density at radius 1 is 1.53 bits per heavy atom. The van der Waals surface area contributed by atoms with Crippen LogP contribution in [0.5, 0.6) is 5.75 Å². The zero-order valence-electron chi connectivity index (χ0n) is 10.2. The average Bonchev–Trinajstić information content (AvgIpc) is 2.73. The fraction of sp³-hybridized carbons (Fsp3) is 0.538. The second-order valence-corrected chi connectivity index (χ2v) is 4.31. The van der Waals surface area contributed by atoms with Crippen molar-refractivity contribution in [3.63, 3.8) is 0 Å². The number of ether oxygens (including phenoxy) is 2. The number of rotatable bonds is 4. The van der Waals surface area contributed by atoms with Crippen molar-refractivity contribution < 1.29 is 13.9 Å². The molecule has 3 nitrogen and oxygen atoms in total. The first-order chi connectivity index (χ1) is 8.20. The lowest BCUT2D eigenvalue weighted by Gasteiger charge is -2.16. The minimum Gasteiger partial charge on any atom is -0.497 e. The third-order valence-corrected chi connectivity index (χ3v) is 3.19. The third kappa shape index (κ3) is 2.96. The van der Waals surface area contributed by atoms with Crippen LogP contribution in [0.3, 0.4) is 0 Å². The number of hydrogen-bond acceptors (Lipinski definition) is 3. The molecule has 1 N–H and O–H groups in total. The van der Waals surface area contributed by atoms with Crippen molar-refractivity contribution in [1.29, 1.82) is 0 Å². The molecule has 0 saturated carbocycles. The molecule has 0 aliphatic carbocycles. The van der Waals surface area contributed by atoms with Gasteiger partial charge in [0.25, 0.3) is 0 Å². The van der Waals surface area contributed by atoms with Gasteiger partial charge in [-0.2, -0.15) is 0 Å². The molecule has 1 fully saturated rings. The zero-order chi connectivity index (χ0) is 12.3. The molecule has 1 heterocycles. The van der Waals surface area contributed by atoms with Gasteiger partial charge in [0.2, 0.25) is 0 Å². The van der Waals surface area contributed by atoms with E-state index in [0.29, 0.717) is 23.9 Å². The van der Waals surface area contributed by atoms with Crippen LogP contribution in [0.25, 0.3) is 0 Å². The SMILES string of the molecule is COc1ccc(CNC2CCOC2C)c(F)c1. The van der Waals surface area contributed by atoms with Crippen LogP contribution in [0.4, 0.5) is 4.39 Å². The molecule has 4 heteroatoms. The molecule has 2 atom stereocenters. The summed E-state index contributed by atoms with van der Waals surface area (Å²) in [7, 11) is 1.53. The van der Waals surface area contributed by atoms with Crippen molar-refractivity contribution in [3.8, 4) is 5.75 Å². The van der Waals surface area contributed by atoms with E-state index in [1.807, 2.05) is 6.92 Å².